The van der Waals surface area contributed by atoms with Crippen LogP contribution < -0.4 is 0 Å². The molecule has 2 aromatic rings. The molecule has 15 heavy (non-hydrogen) atoms. The molecule has 0 aliphatic carbocycles. The molecule has 1 unspecified atom stereocenters. The zero-order valence-electron chi connectivity index (χ0n) is 7.84. The Bertz CT molecular complexity index is 447. The van der Waals surface area contributed by atoms with Crippen LogP contribution in [-0.2, 0) is 0 Å². The third-order valence-corrected chi connectivity index (χ3v) is 2.07. The first kappa shape index (κ1) is 9.73. The highest BCUT2D eigenvalue weighted by atomic mass is 19.1. The SMILES string of the molecule is OC(c1ccccn1)c1ccncc1F. The third-order valence-electron chi connectivity index (χ3n) is 2.07. The number of aromatic nitrogens is 2. The molecular weight excluding hydrogens is 195 g/mol. The fraction of sp³-hybridized carbons (Fsp3) is 0.0909. The molecule has 2 aromatic heterocycles. The average Bonchev–Trinajstić information content (AvgIpc) is 2.30. The number of hydrogen-bond donors (Lipinski definition) is 1. The lowest BCUT2D eigenvalue weighted by Gasteiger charge is -2.10. The Kier molecular flexibility index (Phi) is 2.69. The number of halogens is 1. The maximum atomic E-state index is 13.3. The molecule has 0 aliphatic rings. The normalized spacial score (nSPS) is 12.4. The van der Waals surface area contributed by atoms with E-state index in [-0.39, 0.29) is 5.56 Å². The molecule has 2 rings (SSSR count). The summed E-state index contributed by atoms with van der Waals surface area (Å²) in [4.78, 5) is 7.57. The Morgan fingerprint density at radius 2 is 2.07 bits per heavy atom. The predicted molar refractivity (Wildman–Crippen MR) is 52.5 cm³/mol. The van der Waals surface area contributed by atoms with Gasteiger partial charge in [0.05, 0.1) is 11.9 Å². The number of aliphatic hydroxyl groups excluding tert-OH is 1. The van der Waals surface area contributed by atoms with Gasteiger partial charge in [0.2, 0.25) is 0 Å². The van der Waals surface area contributed by atoms with Crippen molar-refractivity contribution in [2.45, 2.75) is 6.10 Å². The second-order valence-corrected chi connectivity index (χ2v) is 3.05. The third kappa shape index (κ3) is 1.99. The molecule has 0 fully saturated rings. The Morgan fingerprint density at radius 1 is 1.20 bits per heavy atom. The van der Waals surface area contributed by atoms with Crippen molar-refractivity contribution in [1.82, 2.24) is 9.97 Å². The molecule has 0 saturated heterocycles. The van der Waals surface area contributed by atoms with Gasteiger partial charge >= 0.3 is 0 Å². The Morgan fingerprint density at radius 3 is 2.73 bits per heavy atom. The number of pyridine rings is 2. The lowest BCUT2D eigenvalue weighted by atomic mass is 10.1. The van der Waals surface area contributed by atoms with Gasteiger partial charge in [0.15, 0.2) is 0 Å². The van der Waals surface area contributed by atoms with Crippen LogP contribution in [0.3, 0.4) is 0 Å². The van der Waals surface area contributed by atoms with Crippen LogP contribution in [0, 0.1) is 5.82 Å². The summed E-state index contributed by atoms with van der Waals surface area (Å²) in [6, 6.07) is 6.56. The monoisotopic (exact) mass is 204 g/mol. The maximum Gasteiger partial charge on any atom is 0.147 e. The fourth-order valence-corrected chi connectivity index (χ4v) is 1.30. The van der Waals surface area contributed by atoms with Crippen molar-refractivity contribution in [3.63, 3.8) is 0 Å². The first-order valence-electron chi connectivity index (χ1n) is 4.47. The number of rotatable bonds is 2. The second kappa shape index (κ2) is 4.14. The molecule has 3 nitrogen and oxygen atoms in total. The van der Waals surface area contributed by atoms with E-state index < -0.39 is 11.9 Å². The molecule has 4 heteroatoms. The van der Waals surface area contributed by atoms with Crippen molar-refractivity contribution in [3.05, 3.63) is 59.9 Å². The summed E-state index contributed by atoms with van der Waals surface area (Å²) in [6.07, 6.45) is 3.01. The van der Waals surface area contributed by atoms with Crippen molar-refractivity contribution in [2.24, 2.45) is 0 Å². The van der Waals surface area contributed by atoms with E-state index in [9.17, 15) is 9.50 Å². The predicted octanol–water partition coefficient (Wildman–Crippen LogP) is 1.70. The van der Waals surface area contributed by atoms with E-state index in [0.29, 0.717) is 5.69 Å². The molecule has 1 atom stereocenters. The van der Waals surface area contributed by atoms with E-state index >= 15 is 0 Å². The van der Waals surface area contributed by atoms with Gasteiger partial charge in [0.25, 0.3) is 0 Å². The van der Waals surface area contributed by atoms with Crippen LogP contribution in [0.15, 0.2) is 42.9 Å². The standard InChI is InChI=1S/C11H9FN2O/c12-9-7-13-6-4-8(9)11(15)10-3-1-2-5-14-10/h1-7,11,15H. The summed E-state index contributed by atoms with van der Waals surface area (Å²) >= 11 is 0. The number of aliphatic hydroxyl groups is 1. The molecule has 0 radical (unpaired) electrons. The zero-order chi connectivity index (χ0) is 10.7. The quantitative estimate of drug-likeness (QED) is 0.809. The first-order valence-corrected chi connectivity index (χ1v) is 4.47. The van der Waals surface area contributed by atoms with Crippen LogP contribution in [0.5, 0.6) is 0 Å². The minimum Gasteiger partial charge on any atom is -0.382 e. The Hall–Kier alpha value is -1.81. The van der Waals surface area contributed by atoms with Crippen LogP contribution in [0.25, 0.3) is 0 Å². The van der Waals surface area contributed by atoms with Crippen molar-refractivity contribution in [3.8, 4) is 0 Å². The minimum absolute atomic E-state index is 0.184. The summed E-state index contributed by atoms with van der Waals surface area (Å²) in [5, 5.41) is 9.84. The van der Waals surface area contributed by atoms with Gasteiger partial charge in [-0.2, -0.15) is 0 Å². The molecule has 76 valence electrons. The van der Waals surface area contributed by atoms with E-state index in [1.807, 2.05) is 0 Å². The van der Waals surface area contributed by atoms with Gasteiger partial charge < -0.3 is 5.11 Å². The van der Waals surface area contributed by atoms with E-state index in [1.165, 1.54) is 12.3 Å². The van der Waals surface area contributed by atoms with Crippen LogP contribution in [-0.4, -0.2) is 15.1 Å². The van der Waals surface area contributed by atoms with Crippen LogP contribution in [0.2, 0.25) is 0 Å². The molecule has 2 heterocycles. The van der Waals surface area contributed by atoms with E-state index in [4.69, 9.17) is 0 Å². The fourth-order valence-electron chi connectivity index (χ4n) is 1.30. The van der Waals surface area contributed by atoms with Gasteiger partial charge in [-0.3, -0.25) is 9.97 Å². The molecule has 0 saturated carbocycles. The molecule has 1 N–H and O–H groups in total. The summed E-state index contributed by atoms with van der Waals surface area (Å²) < 4.78 is 13.3. The molecule has 0 aromatic carbocycles. The summed E-state index contributed by atoms with van der Waals surface area (Å²) in [5.41, 5.74) is 0.603. The summed E-state index contributed by atoms with van der Waals surface area (Å²) in [7, 11) is 0. The van der Waals surface area contributed by atoms with Crippen molar-refractivity contribution in [1.29, 1.82) is 0 Å². The highest BCUT2D eigenvalue weighted by Gasteiger charge is 2.15. The van der Waals surface area contributed by atoms with Gasteiger partial charge in [-0.1, -0.05) is 6.07 Å². The Labute approximate surface area is 86.3 Å². The second-order valence-electron chi connectivity index (χ2n) is 3.05. The molecule has 0 bridgehead atoms. The molecule has 0 amide bonds. The molecule has 0 aliphatic heterocycles. The zero-order valence-corrected chi connectivity index (χ0v) is 7.84. The van der Waals surface area contributed by atoms with Crippen molar-refractivity contribution >= 4 is 0 Å². The largest absolute Gasteiger partial charge is 0.382 e. The van der Waals surface area contributed by atoms with Crippen molar-refractivity contribution in [2.75, 3.05) is 0 Å². The van der Waals surface area contributed by atoms with Gasteiger partial charge in [0, 0.05) is 18.0 Å². The molecular formula is C11H9FN2O. The van der Waals surface area contributed by atoms with Crippen LogP contribution >= 0.6 is 0 Å². The van der Waals surface area contributed by atoms with Crippen molar-refractivity contribution < 1.29 is 9.50 Å². The van der Waals surface area contributed by atoms with E-state index in [2.05, 4.69) is 9.97 Å². The lowest BCUT2D eigenvalue weighted by molar-refractivity contribution is 0.210. The minimum atomic E-state index is -1.05. The smallest absolute Gasteiger partial charge is 0.147 e. The topological polar surface area (TPSA) is 46.0 Å². The lowest BCUT2D eigenvalue weighted by Crippen LogP contribution is -2.04. The summed E-state index contributed by atoms with van der Waals surface area (Å²) in [5.74, 6) is -0.532. The van der Waals surface area contributed by atoms with Crippen LogP contribution in [0.4, 0.5) is 4.39 Å². The maximum absolute atomic E-state index is 13.3. The van der Waals surface area contributed by atoms with E-state index in [0.717, 1.165) is 6.20 Å². The van der Waals surface area contributed by atoms with Gasteiger partial charge in [-0.05, 0) is 18.2 Å². The molecule has 0 spiro atoms. The number of hydrogen-bond acceptors (Lipinski definition) is 3. The average molecular weight is 204 g/mol. The summed E-state index contributed by atoms with van der Waals surface area (Å²) in [6.45, 7) is 0. The van der Waals surface area contributed by atoms with Gasteiger partial charge in [0.1, 0.15) is 11.9 Å². The van der Waals surface area contributed by atoms with Crippen LogP contribution in [0.1, 0.15) is 17.4 Å². The first-order chi connectivity index (χ1) is 7.29. The van der Waals surface area contributed by atoms with E-state index in [1.54, 1.807) is 24.4 Å². The number of nitrogens with zero attached hydrogens (tertiary/aromatic N) is 2. The van der Waals surface area contributed by atoms with Gasteiger partial charge in [-0.15, -0.1) is 0 Å². The van der Waals surface area contributed by atoms with Gasteiger partial charge in [-0.25, -0.2) is 4.39 Å². The highest BCUT2D eigenvalue weighted by Crippen LogP contribution is 2.21. The highest BCUT2D eigenvalue weighted by molar-refractivity contribution is 5.24. The Balaban J connectivity index is 2.37.